The van der Waals surface area contributed by atoms with Crippen molar-refractivity contribution in [1.29, 1.82) is 0 Å². The minimum atomic E-state index is -3.56. The summed E-state index contributed by atoms with van der Waals surface area (Å²) in [5, 5.41) is 2.89. The number of hydrogen-bond acceptors (Lipinski definition) is 5. The van der Waals surface area contributed by atoms with Crippen molar-refractivity contribution in [2.45, 2.75) is 32.4 Å². The largest absolute Gasteiger partial charge is 0.497 e. The van der Waals surface area contributed by atoms with Gasteiger partial charge in [-0.2, -0.15) is 4.31 Å². The summed E-state index contributed by atoms with van der Waals surface area (Å²) in [6.07, 6.45) is 2.11. The molecule has 0 radical (unpaired) electrons. The summed E-state index contributed by atoms with van der Waals surface area (Å²) in [6.45, 7) is 2.23. The van der Waals surface area contributed by atoms with E-state index < -0.39 is 22.0 Å². The average Bonchev–Trinajstić information content (AvgIpc) is 2.80. The van der Waals surface area contributed by atoms with Crippen LogP contribution in [-0.2, 0) is 32.6 Å². The lowest BCUT2D eigenvalue weighted by atomic mass is 10.0. The zero-order valence-electron chi connectivity index (χ0n) is 19.7. The lowest BCUT2D eigenvalue weighted by Crippen LogP contribution is -2.53. The molecule has 8 nitrogen and oxygen atoms in total. The first kappa shape index (κ1) is 26.3. The quantitative estimate of drug-likeness (QED) is 0.507. The van der Waals surface area contributed by atoms with Crippen molar-refractivity contribution in [3.63, 3.8) is 0 Å². The maximum atomic E-state index is 13.4. The molecule has 2 amide bonds. The third kappa shape index (κ3) is 8.18. The molecular weight excluding hydrogens is 442 g/mol. The molecule has 1 atom stereocenters. The van der Waals surface area contributed by atoms with Gasteiger partial charge in [-0.1, -0.05) is 49.4 Å². The van der Waals surface area contributed by atoms with E-state index >= 15 is 0 Å². The van der Waals surface area contributed by atoms with E-state index in [0.29, 0.717) is 18.7 Å². The van der Waals surface area contributed by atoms with Crippen LogP contribution in [0.4, 0.5) is 0 Å². The molecule has 0 aliphatic rings. The molecule has 2 aromatic rings. The number of nitrogens with one attached hydrogen (secondary N) is 1. The maximum absolute atomic E-state index is 13.4. The molecule has 0 unspecified atom stereocenters. The van der Waals surface area contributed by atoms with Crippen LogP contribution in [0, 0.1) is 0 Å². The number of carbonyl (C=O) groups is 2. The average molecular weight is 476 g/mol. The van der Waals surface area contributed by atoms with E-state index in [2.05, 4.69) is 5.32 Å². The lowest BCUT2D eigenvalue weighted by molar-refractivity contribution is -0.141. The molecule has 33 heavy (non-hydrogen) atoms. The van der Waals surface area contributed by atoms with Gasteiger partial charge < -0.3 is 15.0 Å². The van der Waals surface area contributed by atoms with Crippen LogP contribution >= 0.6 is 0 Å². The number of rotatable bonds is 12. The minimum absolute atomic E-state index is 0.150. The van der Waals surface area contributed by atoms with Gasteiger partial charge in [-0.15, -0.1) is 0 Å². The molecular formula is C24H33N3O5S. The monoisotopic (exact) mass is 475 g/mol. The van der Waals surface area contributed by atoms with Crippen molar-refractivity contribution in [2.24, 2.45) is 0 Å². The van der Waals surface area contributed by atoms with E-state index in [0.717, 1.165) is 28.1 Å². The van der Waals surface area contributed by atoms with Crippen LogP contribution < -0.4 is 10.1 Å². The highest BCUT2D eigenvalue weighted by Gasteiger charge is 2.31. The fraction of sp³-hybridized carbons (Fsp3) is 0.417. The number of carbonyl (C=O) groups excluding carboxylic acids is 2. The number of sulfonamides is 1. The molecule has 1 N–H and O–H groups in total. The highest BCUT2D eigenvalue weighted by molar-refractivity contribution is 7.88. The molecule has 0 heterocycles. The Labute approximate surface area is 196 Å². The molecule has 0 fully saturated rings. The molecule has 0 aliphatic carbocycles. The Hall–Kier alpha value is -2.91. The fourth-order valence-corrected chi connectivity index (χ4v) is 3.59. The molecule has 0 saturated heterocycles. The van der Waals surface area contributed by atoms with Crippen LogP contribution in [0.1, 0.15) is 24.5 Å². The molecule has 0 saturated carbocycles. The van der Waals surface area contributed by atoms with Crippen molar-refractivity contribution in [3.05, 3.63) is 65.7 Å². The molecule has 0 bridgehead atoms. The molecule has 0 aromatic heterocycles. The van der Waals surface area contributed by atoms with E-state index in [1.54, 1.807) is 19.2 Å². The first-order valence-corrected chi connectivity index (χ1v) is 12.7. The van der Waals surface area contributed by atoms with E-state index in [1.807, 2.05) is 49.4 Å². The molecule has 0 aliphatic heterocycles. The van der Waals surface area contributed by atoms with Crippen LogP contribution in [0.3, 0.4) is 0 Å². The number of methoxy groups -OCH3 is 1. The summed E-state index contributed by atoms with van der Waals surface area (Å²) in [7, 11) is -0.645. The van der Waals surface area contributed by atoms with Crippen molar-refractivity contribution in [1.82, 2.24) is 14.5 Å². The highest BCUT2D eigenvalue weighted by atomic mass is 32.2. The molecule has 2 rings (SSSR count). The SMILES string of the molecule is CCCNC(=O)[C@H](Cc1ccccc1)N(Cc1ccc(OC)cc1)C(=O)CN(C)S(C)(=O)=O. The summed E-state index contributed by atoms with van der Waals surface area (Å²) >= 11 is 0. The summed E-state index contributed by atoms with van der Waals surface area (Å²) in [5.74, 6) is -0.0501. The molecule has 0 spiro atoms. The Bertz CT molecular complexity index is 1010. The van der Waals surface area contributed by atoms with Crippen molar-refractivity contribution in [3.8, 4) is 5.75 Å². The number of nitrogens with zero attached hydrogens (tertiary/aromatic N) is 2. The maximum Gasteiger partial charge on any atom is 0.243 e. The van der Waals surface area contributed by atoms with Gasteiger partial charge >= 0.3 is 0 Å². The predicted octanol–water partition coefficient (Wildman–Crippen LogP) is 2.05. The van der Waals surface area contributed by atoms with Crippen molar-refractivity contribution in [2.75, 3.05) is 33.5 Å². The number of ether oxygens (including phenoxy) is 1. The second-order valence-electron chi connectivity index (χ2n) is 7.89. The Balaban J connectivity index is 2.42. The van der Waals surface area contributed by atoms with Gasteiger partial charge in [0.1, 0.15) is 11.8 Å². The first-order valence-electron chi connectivity index (χ1n) is 10.8. The number of hydrogen-bond donors (Lipinski definition) is 1. The number of amides is 2. The Morgan fingerprint density at radius 2 is 1.67 bits per heavy atom. The van der Waals surface area contributed by atoms with Crippen LogP contribution in [0.15, 0.2) is 54.6 Å². The number of benzene rings is 2. The lowest BCUT2D eigenvalue weighted by Gasteiger charge is -2.32. The van der Waals surface area contributed by atoms with Gasteiger partial charge in [-0.3, -0.25) is 9.59 Å². The van der Waals surface area contributed by atoms with Crippen molar-refractivity contribution < 1.29 is 22.7 Å². The van der Waals surface area contributed by atoms with E-state index in [4.69, 9.17) is 4.74 Å². The van der Waals surface area contributed by atoms with Crippen LogP contribution in [0.5, 0.6) is 5.75 Å². The third-order valence-corrected chi connectivity index (χ3v) is 6.52. The van der Waals surface area contributed by atoms with E-state index in [-0.39, 0.29) is 19.0 Å². The summed E-state index contributed by atoms with van der Waals surface area (Å²) in [6, 6.07) is 15.8. The van der Waals surface area contributed by atoms with Gasteiger partial charge in [-0.05, 0) is 29.7 Å². The summed E-state index contributed by atoms with van der Waals surface area (Å²) in [5.41, 5.74) is 1.70. The topological polar surface area (TPSA) is 96.0 Å². The van der Waals surface area contributed by atoms with E-state index in [9.17, 15) is 18.0 Å². The predicted molar refractivity (Wildman–Crippen MR) is 128 cm³/mol. The Kier molecular flexibility index (Phi) is 9.87. The molecule has 180 valence electrons. The van der Waals surface area contributed by atoms with Crippen molar-refractivity contribution >= 4 is 21.8 Å². The van der Waals surface area contributed by atoms with Gasteiger partial charge in [0.2, 0.25) is 21.8 Å². The number of likely N-dealkylation sites (N-methyl/N-ethyl adjacent to an activating group) is 1. The van der Waals surface area contributed by atoms with Gasteiger partial charge in [0.05, 0.1) is 19.9 Å². The van der Waals surface area contributed by atoms with Crippen LogP contribution in [0.25, 0.3) is 0 Å². The Morgan fingerprint density at radius 1 is 1.03 bits per heavy atom. The summed E-state index contributed by atoms with van der Waals surface area (Å²) in [4.78, 5) is 28.0. The Morgan fingerprint density at radius 3 is 2.21 bits per heavy atom. The standard InChI is InChI=1S/C24H33N3O5S/c1-5-15-25-24(29)22(16-19-9-7-6-8-10-19)27(23(28)18-26(2)33(4,30)31)17-20-11-13-21(32-3)14-12-20/h6-14,22H,5,15-18H2,1-4H3,(H,25,29)/t22-/m0/s1. The minimum Gasteiger partial charge on any atom is -0.497 e. The first-order chi connectivity index (χ1) is 15.7. The van der Waals surface area contributed by atoms with Gasteiger partial charge in [-0.25, -0.2) is 8.42 Å². The van der Waals surface area contributed by atoms with Gasteiger partial charge in [0.25, 0.3) is 0 Å². The second kappa shape index (κ2) is 12.4. The fourth-order valence-electron chi connectivity index (χ4n) is 3.25. The zero-order valence-corrected chi connectivity index (χ0v) is 20.5. The van der Waals surface area contributed by atoms with Crippen LogP contribution in [-0.4, -0.2) is 69.0 Å². The van der Waals surface area contributed by atoms with Gasteiger partial charge in [0.15, 0.2) is 0 Å². The second-order valence-corrected chi connectivity index (χ2v) is 9.97. The molecule has 2 aromatic carbocycles. The molecule has 9 heteroatoms. The third-order valence-electron chi connectivity index (χ3n) is 5.26. The highest BCUT2D eigenvalue weighted by Crippen LogP contribution is 2.18. The van der Waals surface area contributed by atoms with Gasteiger partial charge in [0, 0.05) is 26.6 Å². The van der Waals surface area contributed by atoms with Crippen LogP contribution in [0.2, 0.25) is 0 Å². The smallest absolute Gasteiger partial charge is 0.243 e. The summed E-state index contributed by atoms with van der Waals surface area (Å²) < 4.78 is 30.0. The van der Waals surface area contributed by atoms with E-state index in [1.165, 1.54) is 11.9 Å². The zero-order chi connectivity index (χ0) is 24.4. The normalized spacial score (nSPS) is 12.3.